The van der Waals surface area contributed by atoms with E-state index in [0.29, 0.717) is 49.6 Å². The summed E-state index contributed by atoms with van der Waals surface area (Å²) in [5.74, 6) is -0.942. The van der Waals surface area contributed by atoms with Crippen molar-refractivity contribution in [1.29, 1.82) is 0 Å². The predicted molar refractivity (Wildman–Crippen MR) is 96.2 cm³/mol. The average Bonchev–Trinajstić information content (AvgIpc) is 3.10. The van der Waals surface area contributed by atoms with E-state index in [1.165, 1.54) is 0 Å². The number of benzene rings is 1. The molecule has 0 aromatic heterocycles. The Labute approximate surface area is 153 Å². The van der Waals surface area contributed by atoms with Gasteiger partial charge in [0.25, 0.3) is 0 Å². The highest BCUT2D eigenvalue weighted by Crippen LogP contribution is 2.30. The molecule has 1 unspecified atom stereocenters. The van der Waals surface area contributed by atoms with Crippen molar-refractivity contribution in [3.8, 4) is 0 Å². The largest absolute Gasteiger partial charge is 0.480 e. The van der Waals surface area contributed by atoms with Crippen molar-refractivity contribution in [3.63, 3.8) is 0 Å². The minimum atomic E-state index is -3.26. The van der Waals surface area contributed by atoms with E-state index in [1.807, 2.05) is 4.90 Å². The molecule has 2 aliphatic rings. The number of hydrogen-bond acceptors (Lipinski definition) is 4. The van der Waals surface area contributed by atoms with E-state index in [2.05, 4.69) is 0 Å². The third kappa shape index (κ3) is 4.00. The molecule has 2 aliphatic heterocycles. The summed E-state index contributed by atoms with van der Waals surface area (Å²) in [6.07, 6.45) is 2.77. The number of halogens is 1. The number of sulfonamides is 1. The zero-order valence-electron chi connectivity index (χ0n) is 14.0. The Bertz CT molecular complexity index is 726. The Balaban J connectivity index is 1.70. The van der Waals surface area contributed by atoms with Gasteiger partial charge in [0.15, 0.2) is 0 Å². The minimum absolute atomic E-state index is 0.407. The van der Waals surface area contributed by atoms with Gasteiger partial charge in [0, 0.05) is 31.2 Å². The summed E-state index contributed by atoms with van der Waals surface area (Å²) < 4.78 is 27.0. The molecule has 1 N–H and O–H groups in total. The summed E-state index contributed by atoms with van der Waals surface area (Å²) in [4.78, 5) is 13.6. The van der Waals surface area contributed by atoms with Crippen LogP contribution >= 0.6 is 11.6 Å². The van der Waals surface area contributed by atoms with Crippen LogP contribution in [-0.4, -0.2) is 60.1 Å². The maximum Gasteiger partial charge on any atom is 0.325 e. The number of carbonyl (C=O) groups is 1. The SMILES string of the molecule is O=C(O)C(c1cccc(Cl)c1)N1CCC(S(=O)(=O)N2CCCC2)CC1. The molecule has 138 valence electrons. The number of nitrogens with zero attached hydrogens (tertiary/aromatic N) is 2. The number of carboxylic acids is 1. The van der Waals surface area contributed by atoms with Crippen LogP contribution in [0.5, 0.6) is 0 Å². The molecular weight excluding hydrogens is 364 g/mol. The lowest BCUT2D eigenvalue weighted by molar-refractivity contribution is -0.144. The first-order chi connectivity index (χ1) is 11.9. The van der Waals surface area contributed by atoms with Crippen molar-refractivity contribution in [2.75, 3.05) is 26.2 Å². The molecule has 8 heteroatoms. The molecule has 1 atom stereocenters. The van der Waals surface area contributed by atoms with Crippen LogP contribution in [0.4, 0.5) is 0 Å². The van der Waals surface area contributed by atoms with Crippen molar-refractivity contribution >= 4 is 27.6 Å². The van der Waals surface area contributed by atoms with Crippen LogP contribution in [0, 0.1) is 0 Å². The second kappa shape index (κ2) is 7.61. The number of piperidine rings is 1. The van der Waals surface area contributed by atoms with Crippen LogP contribution < -0.4 is 0 Å². The molecule has 2 fully saturated rings. The highest BCUT2D eigenvalue weighted by molar-refractivity contribution is 7.89. The Morgan fingerprint density at radius 2 is 1.80 bits per heavy atom. The van der Waals surface area contributed by atoms with Gasteiger partial charge in [-0.2, -0.15) is 0 Å². The zero-order chi connectivity index (χ0) is 18.0. The molecule has 2 heterocycles. The Hall–Kier alpha value is -1.15. The van der Waals surface area contributed by atoms with E-state index < -0.39 is 27.3 Å². The van der Waals surface area contributed by atoms with Crippen molar-refractivity contribution < 1.29 is 18.3 Å². The van der Waals surface area contributed by atoms with Crippen molar-refractivity contribution in [3.05, 3.63) is 34.9 Å². The molecule has 3 rings (SSSR count). The lowest BCUT2D eigenvalue weighted by Gasteiger charge is -2.36. The number of hydrogen-bond donors (Lipinski definition) is 1. The minimum Gasteiger partial charge on any atom is -0.480 e. The van der Waals surface area contributed by atoms with Crippen LogP contribution in [0.25, 0.3) is 0 Å². The van der Waals surface area contributed by atoms with Gasteiger partial charge < -0.3 is 5.11 Å². The van der Waals surface area contributed by atoms with Gasteiger partial charge in [0.2, 0.25) is 10.0 Å². The van der Waals surface area contributed by atoms with Gasteiger partial charge in [-0.1, -0.05) is 23.7 Å². The first-order valence-electron chi connectivity index (χ1n) is 8.61. The molecule has 0 radical (unpaired) electrons. The fraction of sp³-hybridized carbons (Fsp3) is 0.588. The molecule has 0 amide bonds. The summed E-state index contributed by atoms with van der Waals surface area (Å²) in [5.41, 5.74) is 0.626. The van der Waals surface area contributed by atoms with E-state index in [-0.39, 0.29) is 0 Å². The molecular formula is C17H23ClN2O4S. The molecule has 1 aromatic carbocycles. The summed E-state index contributed by atoms with van der Waals surface area (Å²) >= 11 is 5.99. The maximum absolute atomic E-state index is 12.7. The smallest absolute Gasteiger partial charge is 0.325 e. The maximum atomic E-state index is 12.7. The molecule has 0 bridgehead atoms. The number of carboxylic acid groups (broad SMARTS) is 1. The monoisotopic (exact) mass is 386 g/mol. The number of aliphatic carboxylic acids is 1. The molecule has 1 aromatic rings. The van der Waals surface area contributed by atoms with E-state index in [9.17, 15) is 18.3 Å². The lowest BCUT2D eigenvalue weighted by Crippen LogP contribution is -2.46. The second-order valence-corrected chi connectivity index (χ2v) is 9.33. The normalized spacial score (nSPS) is 22.1. The van der Waals surface area contributed by atoms with Crippen LogP contribution in [0.15, 0.2) is 24.3 Å². The fourth-order valence-corrected chi connectivity index (χ4v) is 5.97. The predicted octanol–water partition coefficient (Wildman–Crippen LogP) is 2.36. The Morgan fingerprint density at radius 1 is 1.16 bits per heavy atom. The standard InChI is InChI=1S/C17H23ClN2O4S/c18-14-5-3-4-13(12-14)16(17(21)22)19-10-6-15(7-11-19)25(23,24)20-8-1-2-9-20/h3-5,12,15-16H,1-2,6-11H2,(H,21,22). The first-order valence-corrected chi connectivity index (χ1v) is 10.5. The van der Waals surface area contributed by atoms with Gasteiger partial charge in [-0.15, -0.1) is 0 Å². The van der Waals surface area contributed by atoms with Crippen LogP contribution in [0.3, 0.4) is 0 Å². The van der Waals surface area contributed by atoms with E-state index in [1.54, 1.807) is 28.6 Å². The first kappa shape index (κ1) is 18.6. The van der Waals surface area contributed by atoms with Crippen LogP contribution in [-0.2, 0) is 14.8 Å². The summed E-state index contributed by atoms with van der Waals surface area (Å²) in [7, 11) is -3.26. The average molecular weight is 387 g/mol. The molecule has 6 nitrogen and oxygen atoms in total. The molecule has 0 aliphatic carbocycles. The second-order valence-electron chi connectivity index (χ2n) is 6.68. The highest BCUT2D eigenvalue weighted by Gasteiger charge is 2.38. The highest BCUT2D eigenvalue weighted by atomic mass is 35.5. The fourth-order valence-electron chi connectivity index (χ4n) is 3.77. The Morgan fingerprint density at radius 3 is 2.36 bits per heavy atom. The van der Waals surface area contributed by atoms with Crippen LogP contribution in [0.2, 0.25) is 5.02 Å². The molecule has 0 saturated carbocycles. The van der Waals surface area contributed by atoms with E-state index in [0.717, 1.165) is 12.8 Å². The third-order valence-corrected chi connectivity index (χ3v) is 7.72. The number of likely N-dealkylation sites (tertiary alicyclic amines) is 1. The molecule has 25 heavy (non-hydrogen) atoms. The molecule has 0 spiro atoms. The van der Waals surface area contributed by atoms with Gasteiger partial charge in [0.05, 0.1) is 5.25 Å². The zero-order valence-corrected chi connectivity index (χ0v) is 15.5. The molecule has 2 saturated heterocycles. The van der Waals surface area contributed by atoms with Gasteiger partial charge in [-0.3, -0.25) is 9.69 Å². The lowest BCUT2D eigenvalue weighted by atomic mass is 10.0. The van der Waals surface area contributed by atoms with Crippen molar-refractivity contribution in [1.82, 2.24) is 9.21 Å². The summed E-state index contributed by atoms with van der Waals surface area (Å²) in [6, 6.07) is 6.05. The third-order valence-electron chi connectivity index (χ3n) is 5.09. The van der Waals surface area contributed by atoms with E-state index >= 15 is 0 Å². The Kier molecular flexibility index (Phi) is 5.68. The van der Waals surface area contributed by atoms with Gasteiger partial charge in [-0.25, -0.2) is 12.7 Å². The van der Waals surface area contributed by atoms with Crippen molar-refractivity contribution in [2.45, 2.75) is 37.0 Å². The van der Waals surface area contributed by atoms with Gasteiger partial charge in [0.1, 0.15) is 6.04 Å². The van der Waals surface area contributed by atoms with Gasteiger partial charge in [-0.05, 0) is 43.4 Å². The summed E-state index contributed by atoms with van der Waals surface area (Å²) in [6.45, 7) is 2.12. The summed E-state index contributed by atoms with van der Waals surface area (Å²) in [5, 5.41) is 9.75. The van der Waals surface area contributed by atoms with Crippen molar-refractivity contribution in [2.24, 2.45) is 0 Å². The van der Waals surface area contributed by atoms with E-state index in [4.69, 9.17) is 11.6 Å². The van der Waals surface area contributed by atoms with Gasteiger partial charge >= 0.3 is 5.97 Å². The topological polar surface area (TPSA) is 77.9 Å². The quantitative estimate of drug-likeness (QED) is 0.840. The number of rotatable bonds is 5. The van der Waals surface area contributed by atoms with Crippen LogP contribution in [0.1, 0.15) is 37.3 Å².